The zero-order valence-electron chi connectivity index (χ0n) is 18.8. The molecule has 0 bridgehead atoms. The monoisotopic (exact) mass is 461 g/mol. The van der Waals surface area contributed by atoms with Gasteiger partial charge in [0.2, 0.25) is 0 Å². The van der Waals surface area contributed by atoms with E-state index in [4.69, 9.17) is 17.0 Å². The van der Waals surface area contributed by atoms with Crippen LogP contribution in [0.3, 0.4) is 0 Å². The fourth-order valence-corrected chi connectivity index (χ4v) is 3.24. The number of aryl methyl sites for hydroxylation is 1. The van der Waals surface area contributed by atoms with Crippen molar-refractivity contribution in [1.82, 2.24) is 5.32 Å². The Morgan fingerprint density at radius 1 is 0.909 bits per heavy atom. The second kappa shape index (κ2) is 11.2. The van der Waals surface area contributed by atoms with Crippen molar-refractivity contribution in [2.75, 3.05) is 10.6 Å². The number of anilines is 2. The normalized spacial score (nSPS) is 11.2. The van der Waals surface area contributed by atoms with Gasteiger partial charge in [-0.3, -0.25) is 14.9 Å². The van der Waals surface area contributed by atoms with Crippen molar-refractivity contribution in [2.24, 2.45) is 0 Å². The van der Waals surface area contributed by atoms with Gasteiger partial charge in [-0.05, 0) is 86.6 Å². The number of nitrogens with one attached hydrogen (secondary N) is 3. The Morgan fingerprint density at radius 2 is 1.64 bits per heavy atom. The van der Waals surface area contributed by atoms with Crippen LogP contribution in [-0.2, 0) is 0 Å². The summed E-state index contributed by atoms with van der Waals surface area (Å²) in [6, 6.07) is 21.4. The van der Waals surface area contributed by atoms with Crippen molar-refractivity contribution >= 4 is 40.5 Å². The molecule has 3 N–H and O–H groups in total. The Morgan fingerprint density at radius 3 is 2.33 bits per heavy atom. The van der Waals surface area contributed by atoms with Crippen LogP contribution < -0.4 is 20.7 Å². The van der Waals surface area contributed by atoms with Crippen molar-refractivity contribution in [3.63, 3.8) is 0 Å². The molecule has 1 unspecified atom stereocenters. The van der Waals surface area contributed by atoms with Crippen LogP contribution in [0.1, 0.15) is 46.5 Å². The van der Waals surface area contributed by atoms with Gasteiger partial charge in [-0.25, -0.2) is 0 Å². The molecule has 0 aromatic heterocycles. The first kappa shape index (κ1) is 23.9. The minimum atomic E-state index is -0.328. The second-order valence-corrected chi connectivity index (χ2v) is 8.03. The van der Waals surface area contributed by atoms with Gasteiger partial charge < -0.3 is 15.4 Å². The van der Waals surface area contributed by atoms with Crippen LogP contribution in [0, 0.1) is 6.92 Å². The Balaban J connectivity index is 1.59. The predicted octanol–water partition coefficient (Wildman–Crippen LogP) is 5.55. The highest BCUT2D eigenvalue weighted by atomic mass is 32.1. The van der Waals surface area contributed by atoms with Gasteiger partial charge in [0, 0.05) is 22.5 Å². The molecule has 3 aromatic carbocycles. The first-order valence-corrected chi connectivity index (χ1v) is 11.1. The number of carbonyl (C=O) groups is 2. The molecule has 0 heterocycles. The quantitative estimate of drug-likeness (QED) is 0.402. The SMILES string of the molecule is CCC(C)Oc1cccc(C(=O)NC(=S)Nc2ccc(NC(=O)c3ccccc3)c(C)c2)c1. The Hall–Kier alpha value is -3.71. The Bertz CT molecular complexity index is 1150. The van der Waals surface area contributed by atoms with Gasteiger partial charge in [0.25, 0.3) is 11.8 Å². The molecular formula is C26H27N3O3S. The lowest BCUT2D eigenvalue weighted by Crippen LogP contribution is -2.34. The third-order valence-corrected chi connectivity index (χ3v) is 5.21. The maximum atomic E-state index is 12.6. The van der Waals surface area contributed by atoms with Crippen LogP contribution in [0.25, 0.3) is 0 Å². The molecule has 3 rings (SSSR count). The molecular weight excluding hydrogens is 434 g/mol. The highest BCUT2D eigenvalue weighted by molar-refractivity contribution is 7.80. The summed E-state index contributed by atoms with van der Waals surface area (Å²) < 4.78 is 5.78. The van der Waals surface area contributed by atoms with E-state index in [9.17, 15) is 9.59 Å². The van der Waals surface area contributed by atoms with Crippen LogP contribution in [0.15, 0.2) is 72.8 Å². The number of ether oxygens (including phenoxy) is 1. The summed E-state index contributed by atoms with van der Waals surface area (Å²) in [6.45, 7) is 5.90. The fourth-order valence-electron chi connectivity index (χ4n) is 3.03. The lowest BCUT2D eigenvalue weighted by molar-refractivity contribution is 0.0975. The van der Waals surface area contributed by atoms with Crippen molar-refractivity contribution in [2.45, 2.75) is 33.3 Å². The number of rotatable bonds is 7. The highest BCUT2D eigenvalue weighted by Gasteiger charge is 2.12. The molecule has 2 amide bonds. The number of thiocarbonyl (C=S) groups is 1. The summed E-state index contributed by atoms with van der Waals surface area (Å²) in [5.41, 5.74) is 3.29. The summed E-state index contributed by atoms with van der Waals surface area (Å²) in [4.78, 5) is 25.0. The first-order chi connectivity index (χ1) is 15.9. The van der Waals surface area contributed by atoms with E-state index in [1.54, 1.807) is 42.5 Å². The minimum Gasteiger partial charge on any atom is -0.491 e. The molecule has 0 fully saturated rings. The summed E-state index contributed by atoms with van der Waals surface area (Å²) in [7, 11) is 0. The third-order valence-electron chi connectivity index (χ3n) is 5.00. The highest BCUT2D eigenvalue weighted by Crippen LogP contribution is 2.21. The first-order valence-electron chi connectivity index (χ1n) is 10.7. The van der Waals surface area contributed by atoms with Gasteiger partial charge in [-0.2, -0.15) is 0 Å². The number of carbonyl (C=O) groups excluding carboxylic acids is 2. The molecule has 0 aliphatic rings. The molecule has 1 atom stereocenters. The van der Waals surface area contributed by atoms with Gasteiger partial charge in [-0.1, -0.05) is 31.2 Å². The summed E-state index contributed by atoms with van der Waals surface area (Å²) in [5.74, 6) is 0.131. The van der Waals surface area contributed by atoms with Crippen LogP contribution in [0.5, 0.6) is 5.75 Å². The molecule has 0 saturated carbocycles. The van der Waals surface area contributed by atoms with E-state index >= 15 is 0 Å². The maximum absolute atomic E-state index is 12.6. The summed E-state index contributed by atoms with van der Waals surface area (Å²) in [6.07, 6.45) is 0.938. The Kier molecular flexibility index (Phi) is 8.16. The zero-order valence-corrected chi connectivity index (χ0v) is 19.7. The number of hydrogen-bond acceptors (Lipinski definition) is 4. The summed E-state index contributed by atoms with van der Waals surface area (Å²) >= 11 is 5.30. The molecule has 33 heavy (non-hydrogen) atoms. The molecule has 0 aliphatic heterocycles. The third kappa shape index (κ3) is 6.89. The lowest BCUT2D eigenvalue weighted by Gasteiger charge is -2.14. The fraction of sp³-hybridized carbons (Fsp3) is 0.192. The number of benzene rings is 3. The molecule has 6 nitrogen and oxygen atoms in total. The van der Waals surface area contributed by atoms with Crippen molar-refractivity contribution in [3.05, 3.63) is 89.5 Å². The smallest absolute Gasteiger partial charge is 0.257 e. The molecule has 7 heteroatoms. The van der Waals surface area contributed by atoms with E-state index < -0.39 is 0 Å². The average molecular weight is 462 g/mol. The Labute approximate surface area is 199 Å². The van der Waals surface area contributed by atoms with Crippen molar-refractivity contribution < 1.29 is 14.3 Å². The minimum absolute atomic E-state index is 0.0646. The van der Waals surface area contributed by atoms with E-state index in [2.05, 4.69) is 16.0 Å². The van der Waals surface area contributed by atoms with E-state index in [-0.39, 0.29) is 23.0 Å². The number of hydrogen-bond donors (Lipinski definition) is 3. The average Bonchev–Trinajstić information content (AvgIpc) is 2.81. The standard InChI is InChI=1S/C26H27N3O3S/c1-4-18(3)32-22-12-8-11-20(16-22)25(31)29-26(33)27-21-13-14-23(17(2)15-21)28-24(30)19-9-6-5-7-10-19/h5-16,18H,4H2,1-3H3,(H,28,30)(H2,27,29,31,33). The molecule has 3 aromatic rings. The summed E-state index contributed by atoms with van der Waals surface area (Å²) in [5, 5.41) is 8.77. The van der Waals surface area contributed by atoms with Crippen LogP contribution in [0.4, 0.5) is 11.4 Å². The predicted molar refractivity (Wildman–Crippen MR) is 136 cm³/mol. The number of amides is 2. The van der Waals surface area contributed by atoms with Gasteiger partial charge in [-0.15, -0.1) is 0 Å². The molecule has 0 aliphatic carbocycles. The van der Waals surface area contributed by atoms with E-state index in [1.165, 1.54) is 0 Å². The van der Waals surface area contributed by atoms with Crippen LogP contribution >= 0.6 is 12.2 Å². The van der Waals surface area contributed by atoms with Crippen molar-refractivity contribution in [3.8, 4) is 5.75 Å². The topological polar surface area (TPSA) is 79.5 Å². The van der Waals surface area contributed by atoms with Crippen LogP contribution in [-0.4, -0.2) is 23.0 Å². The molecule has 0 radical (unpaired) electrons. The molecule has 0 saturated heterocycles. The van der Waals surface area contributed by atoms with Gasteiger partial charge in [0.1, 0.15) is 5.75 Å². The van der Waals surface area contributed by atoms with Gasteiger partial charge in [0.15, 0.2) is 5.11 Å². The maximum Gasteiger partial charge on any atom is 0.257 e. The van der Waals surface area contributed by atoms with E-state index in [1.807, 2.05) is 51.1 Å². The second-order valence-electron chi connectivity index (χ2n) is 7.62. The van der Waals surface area contributed by atoms with Gasteiger partial charge in [0.05, 0.1) is 6.10 Å². The van der Waals surface area contributed by atoms with E-state index in [0.29, 0.717) is 28.3 Å². The largest absolute Gasteiger partial charge is 0.491 e. The zero-order chi connectivity index (χ0) is 23.8. The molecule has 0 spiro atoms. The van der Waals surface area contributed by atoms with Gasteiger partial charge >= 0.3 is 0 Å². The lowest BCUT2D eigenvalue weighted by atomic mass is 10.1. The molecule has 170 valence electrons. The van der Waals surface area contributed by atoms with E-state index in [0.717, 1.165) is 12.0 Å². The van der Waals surface area contributed by atoms with Crippen molar-refractivity contribution in [1.29, 1.82) is 0 Å². The van der Waals surface area contributed by atoms with Crippen LogP contribution in [0.2, 0.25) is 0 Å².